The van der Waals surface area contributed by atoms with Gasteiger partial charge in [-0.05, 0) is 36.8 Å². The lowest BCUT2D eigenvalue weighted by Crippen LogP contribution is -2.22. The minimum atomic E-state index is 0.0392. The Kier molecular flexibility index (Phi) is 4.82. The molecule has 0 saturated heterocycles. The first kappa shape index (κ1) is 13.9. The fourth-order valence-corrected chi connectivity index (χ4v) is 3.09. The van der Waals surface area contributed by atoms with Gasteiger partial charge in [0.1, 0.15) is 5.75 Å². The van der Waals surface area contributed by atoms with Crippen LogP contribution in [0.1, 0.15) is 17.7 Å². The number of methoxy groups -OCH3 is 1. The van der Waals surface area contributed by atoms with E-state index < -0.39 is 0 Å². The van der Waals surface area contributed by atoms with Crippen LogP contribution in [0.3, 0.4) is 0 Å². The summed E-state index contributed by atoms with van der Waals surface area (Å²) in [6, 6.07) is 12.1. The molecular formula is C15H18N2OS. The van der Waals surface area contributed by atoms with E-state index in [-0.39, 0.29) is 11.3 Å². The van der Waals surface area contributed by atoms with E-state index in [4.69, 9.17) is 10.5 Å². The van der Waals surface area contributed by atoms with E-state index in [0.717, 1.165) is 10.6 Å². The van der Waals surface area contributed by atoms with Crippen LogP contribution in [-0.2, 0) is 0 Å². The zero-order valence-electron chi connectivity index (χ0n) is 11.1. The summed E-state index contributed by atoms with van der Waals surface area (Å²) >= 11 is 1.72. The van der Waals surface area contributed by atoms with Gasteiger partial charge in [0.2, 0.25) is 0 Å². The second-order valence-electron chi connectivity index (χ2n) is 4.33. The summed E-state index contributed by atoms with van der Waals surface area (Å²) in [5.74, 6) is 0.882. The molecule has 19 heavy (non-hydrogen) atoms. The van der Waals surface area contributed by atoms with Gasteiger partial charge in [0.05, 0.1) is 7.11 Å². The fourth-order valence-electron chi connectivity index (χ4n) is 1.89. The number of hydrogen-bond donors (Lipinski definition) is 1. The van der Waals surface area contributed by atoms with Crippen molar-refractivity contribution >= 4 is 11.8 Å². The number of aromatic nitrogens is 1. The average Bonchev–Trinajstić information content (AvgIpc) is 2.45. The van der Waals surface area contributed by atoms with Crippen LogP contribution in [0.2, 0.25) is 0 Å². The van der Waals surface area contributed by atoms with E-state index in [0.29, 0.717) is 0 Å². The molecule has 0 fully saturated rings. The van der Waals surface area contributed by atoms with E-state index >= 15 is 0 Å². The standard InChI is InChI=1S/C15H18N2OS/c1-11(16)15(12-7-9-17-10-8-12)19-14-6-4-3-5-13(14)18-2/h3-11,15H,16H2,1-2H3. The number of para-hydroxylation sites is 1. The molecule has 0 aliphatic carbocycles. The molecule has 2 unspecified atom stereocenters. The number of hydrogen-bond acceptors (Lipinski definition) is 4. The van der Waals surface area contributed by atoms with Gasteiger partial charge in [-0.2, -0.15) is 0 Å². The molecule has 0 spiro atoms. The number of rotatable bonds is 5. The number of nitrogens with two attached hydrogens (primary N) is 1. The van der Waals surface area contributed by atoms with Crippen molar-refractivity contribution in [1.29, 1.82) is 0 Å². The summed E-state index contributed by atoms with van der Waals surface area (Å²) in [7, 11) is 1.69. The smallest absolute Gasteiger partial charge is 0.132 e. The molecule has 1 aromatic carbocycles. The van der Waals surface area contributed by atoms with Crippen molar-refractivity contribution in [3.05, 3.63) is 54.4 Å². The zero-order chi connectivity index (χ0) is 13.7. The van der Waals surface area contributed by atoms with E-state index in [1.54, 1.807) is 31.3 Å². The molecule has 0 aliphatic heterocycles. The van der Waals surface area contributed by atoms with Crippen LogP contribution < -0.4 is 10.5 Å². The topological polar surface area (TPSA) is 48.1 Å². The van der Waals surface area contributed by atoms with Crippen LogP contribution in [0.15, 0.2) is 53.7 Å². The first-order chi connectivity index (χ1) is 9.22. The van der Waals surface area contributed by atoms with Crippen molar-refractivity contribution in [2.24, 2.45) is 5.73 Å². The summed E-state index contributed by atoms with van der Waals surface area (Å²) < 4.78 is 5.39. The molecule has 2 atom stereocenters. The molecule has 3 nitrogen and oxygen atoms in total. The number of nitrogens with zero attached hydrogens (tertiary/aromatic N) is 1. The molecular weight excluding hydrogens is 256 g/mol. The lowest BCUT2D eigenvalue weighted by Gasteiger charge is -2.21. The Balaban J connectivity index is 2.27. The summed E-state index contributed by atoms with van der Waals surface area (Å²) in [5, 5.41) is 0.180. The average molecular weight is 274 g/mol. The van der Waals surface area contributed by atoms with Gasteiger partial charge in [-0.3, -0.25) is 4.98 Å². The Bertz CT molecular complexity index is 517. The van der Waals surface area contributed by atoms with Crippen molar-refractivity contribution in [3.8, 4) is 5.75 Å². The quantitative estimate of drug-likeness (QED) is 0.850. The van der Waals surface area contributed by atoms with Crippen molar-refractivity contribution in [1.82, 2.24) is 4.98 Å². The zero-order valence-corrected chi connectivity index (χ0v) is 11.9. The van der Waals surface area contributed by atoms with Gasteiger partial charge in [0.25, 0.3) is 0 Å². The van der Waals surface area contributed by atoms with Crippen LogP contribution in [-0.4, -0.2) is 18.1 Å². The van der Waals surface area contributed by atoms with Crippen molar-refractivity contribution in [2.45, 2.75) is 23.1 Å². The normalized spacial score (nSPS) is 13.8. The van der Waals surface area contributed by atoms with E-state index in [2.05, 4.69) is 11.1 Å². The number of benzene rings is 1. The van der Waals surface area contributed by atoms with Crippen LogP contribution in [0.5, 0.6) is 5.75 Å². The predicted molar refractivity (Wildman–Crippen MR) is 79.5 cm³/mol. The largest absolute Gasteiger partial charge is 0.496 e. The summed E-state index contributed by atoms with van der Waals surface area (Å²) in [6.07, 6.45) is 3.60. The Morgan fingerprint density at radius 2 is 1.84 bits per heavy atom. The Hall–Kier alpha value is -1.52. The maximum absolute atomic E-state index is 6.13. The molecule has 2 rings (SSSR count). The predicted octanol–water partition coefficient (Wildman–Crippen LogP) is 3.27. The van der Waals surface area contributed by atoms with E-state index in [9.17, 15) is 0 Å². The third-order valence-corrected chi connectivity index (χ3v) is 4.38. The molecule has 0 saturated carbocycles. The van der Waals surface area contributed by atoms with Crippen molar-refractivity contribution < 1.29 is 4.74 Å². The van der Waals surface area contributed by atoms with Crippen LogP contribution in [0.4, 0.5) is 0 Å². The molecule has 0 aliphatic rings. The molecule has 1 heterocycles. The molecule has 2 N–H and O–H groups in total. The van der Waals surface area contributed by atoms with Gasteiger partial charge < -0.3 is 10.5 Å². The maximum atomic E-state index is 6.13. The highest BCUT2D eigenvalue weighted by molar-refractivity contribution is 7.99. The molecule has 1 aromatic heterocycles. The van der Waals surface area contributed by atoms with Crippen LogP contribution in [0, 0.1) is 0 Å². The monoisotopic (exact) mass is 274 g/mol. The molecule has 2 aromatic rings. The Morgan fingerprint density at radius 1 is 1.16 bits per heavy atom. The van der Waals surface area contributed by atoms with E-state index in [1.807, 2.05) is 37.3 Å². The van der Waals surface area contributed by atoms with Gasteiger partial charge in [-0.15, -0.1) is 11.8 Å². The molecule has 100 valence electrons. The molecule has 0 radical (unpaired) electrons. The molecule has 0 amide bonds. The van der Waals surface area contributed by atoms with E-state index in [1.165, 1.54) is 5.56 Å². The van der Waals surface area contributed by atoms with Crippen molar-refractivity contribution in [3.63, 3.8) is 0 Å². The lowest BCUT2D eigenvalue weighted by atomic mass is 10.1. The number of ether oxygens (including phenoxy) is 1. The second kappa shape index (κ2) is 6.59. The Morgan fingerprint density at radius 3 is 2.47 bits per heavy atom. The van der Waals surface area contributed by atoms with Gasteiger partial charge in [-0.25, -0.2) is 0 Å². The van der Waals surface area contributed by atoms with Gasteiger partial charge >= 0.3 is 0 Å². The first-order valence-electron chi connectivity index (χ1n) is 6.17. The van der Waals surface area contributed by atoms with Crippen molar-refractivity contribution in [2.75, 3.05) is 7.11 Å². The number of pyridine rings is 1. The SMILES string of the molecule is COc1ccccc1SC(c1ccncc1)C(C)N. The Labute approximate surface area is 118 Å². The minimum absolute atomic E-state index is 0.0392. The fraction of sp³-hybridized carbons (Fsp3) is 0.267. The highest BCUT2D eigenvalue weighted by Crippen LogP contribution is 2.40. The minimum Gasteiger partial charge on any atom is -0.496 e. The third kappa shape index (κ3) is 3.49. The van der Waals surface area contributed by atoms with Gasteiger partial charge in [-0.1, -0.05) is 12.1 Å². The van der Waals surface area contributed by atoms with Gasteiger partial charge in [0, 0.05) is 28.6 Å². The molecule has 0 bridgehead atoms. The lowest BCUT2D eigenvalue weighted by molar-refractivity contribution is 0.404. The summed E-state index contributed by atoms with van der Waals surface area (Å²) in [6.45, 7) is 2.02. The van der Waals surface area contributed by atoms with Crippen LogP contribution in [0.25, 0.3) is 0 Å². The molecule has 4 heteroatoms. The van der Waals surface area contributed by atoms with Gasteiger partial charge in [0.15, 0.2) is 0 Å². The number of thioether (sulfide) groups is 1. The maximum Gasteiger partial charge on any atom is 0.132 e. The summed E-state index contributed by atoms with van der Waals surface area (Å²) in [5.41, 5.74) is 7.31. The third-order valence-electron chi connectivity index (χ3n) is 2.84. The first-order valence-corrected chi connectivity index (χ1v) is 7.05. The highest BCUT2D eigenvalue weighted by Gasteiger charge is 2.19. The summed E-state index contributed by atoms with van der Waals surface area (Å²) in [4.78, 5) is 5.15. The van der Waals surface area contributed by atoms with Crippen LogP contribution >= 0.6 is 11.8 Å². The highest BCUT2D eigenvalue weighted by atomic mass is 32.2. The second-order valence-corrected chi connectivity index (χ2v) is 5.51.